The molecule has 3 aromatic rings. The van der Waals surface area contributed by atoms with Crippen molar-refractivity contribution >= 4 is 52.4 Å². The molecule has 0 amide bonds. The number of ether oxygens (including phenoxy) is 3. The summed E-state index contributed by atoms with van der Waals surface area (Å²) in [6, 6.07) is 19.2. The molecule has 0 atom stereocenters. The van der Waals surface area contributed by atoms with Crippen LogP contribution in [0.4, 0.5) is 0 Å². The van der Waals surface area contributed by atoms with Crippen LogP contribution >= 0.6 is 34.8 Å². The molecule has 0 saturated carbocycles. The number of methoxy groups -OCH3 is 1. The molecule has 0 N–H and O–H groups in total. The Labute approximate surface area is 213 Å². The molecule has 0 aliphatic rings. The lowest BCUT2D eigenvalue weighted by Crippen LogP contribution is -2.10. The van der Waals surface area contributed by atoms with Crippen LogP contribution in [0.2, 0.25) is 15.1 Å². The highest BCUT2D eigenvalue weighted by Crippen LogP contribution is 2.31. The molecule has 0 aliphatic heterocycles. The van der Waals surface area contributed by atoms with Crippen LogP contribution in [0.1, 0.15) is 24.0 Å². The second-order valence-corrected chi connectivity index (χ2v) is 8.37. The summed E-state index contributed by atoms with van der Waals surface area (Å²) in [4.78, 5) is 12.3. The monoisotopic (exact) mass is 515 g/mol. The molecular weight excluding hydrogens is 497 g/mol. The average Bonchev–Trinajstić information content (AvgIpc) is 2.82. The van der Waals surface area contributed by atoms with Crippen LogP contribution < -0.4 is 14.2 Å². The van der Waals surface area contributed by atoms with Crippen molar-refractivity contribution in [3.8, 4) is 23.3 Å². The molecule has 0 aromatic heterocycles. The number of rotatable bonds is 9. The Kier molecular flexibility index (Phi) is 9.24. The number of nitrogens with zero attached hydrogens (tertiary/aromatic N) is 1. The topological polar surface area (TPSA) is 68.5 Å². The zero-order chi connectivity index (χ0) is 24.5. The van der Waals surface area contributed by atoms with Crippen LogP contribution in [0.3, 0.4) is 0 Å². The van der Waals surface area contributed by atoms with Crippen LogP contribution in [0, 0.1) is 11.3 Å². The lowest BCUT2D eigenvalue weighted by atomic mass is 10.0. The van der Waals surface area contributed by atoms with E-state index >= 15 is 0 Å². The second kappa shape index (κ2) is 12.3. The van der Waals surface area contributed by atoms with Crippen molar-refractivity contribution in [3.63, 3.8) is 0 Å². The van der Waals surface area contributed by atoms with Crippen LogP contribution in [0.25, 0.3) is 11.6 Å². The predicted molar refractivity (Wildman–Crippen MR) is 135 cm³/mol. The lowest BCUT2D eigenvalue weighted by Gasteiger charge is -2.11. The molecule has 34 heavy (non-hydrogen) atoms. The van der Waals surface area contributed by atoms with Crippen molar-refractivity contribution in [2.75, 3.05) is 13.7 Å². The van der Waals surface area contributed by atoms with E-state index in [0.717, 1.165) is 11.1 Å². The van der Waals surface area contributed by atoms with Gasteiger partial charge in [0, 0.05) is 16.5 Å². The number of carbonyl (C=O) groups excluding carboxylic acids is 1. The second-order valence-electron chi connectivity index (χ2n) is 7.09. The molecule has 0 aliphatic carbocycles. The van der Waals surface area contributed by atoms with Gasteiger partial charge in [0.2, 0.25) is 0 Å². The van der Waals surface area contributed by atoms with Gasteiger partial charge >= 0.3 is 5.97 Å². The van der Waals surface area contributed by atoms with Gasteiger partial charge in [0.05, 0.1) is 30.4 Å². The molecule has 0 bridgehead atoms. The Morgan fingerprint density at radius 3 is 2.32 bits per heavy atom. The van der Waals surface area contributed by atoms with Crippen molar-refractivity contribution in [1.29, 1.82) is 5.26 Å². The molecular formula is C26H20Cl3NO4. The molecule has 0 saturated heterocycles. The first-order chi connectivity index (χ1) is 16.4. The fourth-order valence-electron chi connectivity index (χ4n) is 3.00. The zero-order valence-electron chi connectivity index (χ0n) is 18.2. The summed E-state index contributed by atoms with van der Waals surface area (Å²) in [5, 5.41) is 11.1. The summed E-state index contributed by atoms with van der Waals surface area (Å²) in [5.74, 6) is 0.738. The van der Waals surface area contributed by atoms with Gasteiger partial charge in [0.25, 0.3) is 0 Å². The lowest BCUT2D eigenvalue weighted by molar-refractivity contribution is -0.134. The fraction of sp³-hybridized carbons (Fsp3) is 0.154. The summed E-state index contributed by atoms with van der Waals surface area (Å²) in [6.45, 7) is 0.291. The Morgan fingerprint density at radius 2 is 1.65 bits per heavy atom. The Bertz CT molecular complexity index is 1230. The molecule has 0 fully saturated rings. The highest BCUT2D eigenvalue weighted by Gasteiger charge is 2.12. The van der Waals surface area contributed by atoms with E-state index in [4.69, 9.17) is 49.0 Å². The van der Waals surface area contributed by atoms with Gasteiger partial charge in [0.1, 0.15) is 5.75 Å². The maximum atomic E-state index is 12.3. The number of esters is 1. The standard InChI is InChI=1S/C26H20Cl3NO4/c1-32-25-14-17(13-19(16-30)18-5-7-20(27)8-6-18)4-10-24(25)34-26(31)3-2-12-33-23-11-9-21(28)15-22(23)29/h4-11,13-15H,2-3,12H2,1H3/b19-13+. The van der Waals surface area contributed by atoms with Crippen LogP contribution in [-0.2, 0) is 4.79 Å². The van der Waals surface area contributed by atoms with Crippen molar-refractivity contribution in [2.24, 2.45) is 0 Å². The Morgan fingerprint density at radius 1 is 0.941 bits per heavy atom. The van der Waals surface area contributed by atoms with Gasteiger partial charge in [-0.2, -0.15) is 5.26 Å². The third kappa shape index (κ3) is 7.16. The van der Waals surface area contributed by atoms with Gasteiger partial charge in [0.15, 0.2) is 11.5 Å². The van der Waals surface area contributed by atoms with Crippen LogP contribution in [-0.4, -0.2) is 19.7 Å². The minimum absolute atomic E-state index is 0.144. The minimum atomic E-state index is -0.425. The smallest absolute Gasteiger partial charge is 0.311 e. The summed E-state index contributed by atoms with van der Waals surface area (Å²) in [7, 11) is 1.48. The number of carbonyl (C=O) groups is 1. The number of halogens is 3. The van der Waals surface area contributed by atoms with Crippen molar-refractivity contribution in [1.82, 2.24) is 0 Å². The highest BCUT2D eigenvalue weighted by atomic mass is 35.5. The Balaban J connectivity index is 1.60. The van der Waals surface area contributed by atoms with Crippen LogP contribution in [0.15, 0.2) is 60.7 Å². The molecule has 8 heteroatoms. The maximum absolute atomic E-state index is 12.3. The van der Waals surface area contributed by atoms with Gasteiger partial charge in [-0.1, -0.05) is 53.0 Å². The summed E-state index contributed by atoms with van der Waals surface area (Å²) in [6.07, 6.45) is 2.30. The number of nitriles is 1. The third-order valence-corrected chi connectivity index (χ3v) is 5.46. The highest BCUT2D eigenvalue weighted by molar-refractivity contribution is 6.35. The Hall–Kier alpha value is -3.17. The molecule has 5 nitrogen and oxygen atoms in total. The maximum Gasteiger partial charge on any atom is 0.311 e. The van der Waals surface area contributed by atoms with Crippen molar-refractivity contribution < 1.29 is 19.0 Å². The van der Waals surface area contributed by atoms with E-state index in [0.29, 0.717) is 45.2 Å². The summed E-state index contributed by atoms with van der Waals surface area (Å²) >= 11 is 17.8. The number of hydrogen-bond acceptors (Lipinski definition) is 5. The van der Waals surface area contributed by atoms with Gasteiger partial charge in [-0.25, -0.2) is 0 Å². The number of hydrogen-bond donors (Lipinski definition) is 0. The molecule has 3 rings (SSSR count). The normalized spacial score (nSPS) is 11.0. The van der Waals surface area contributed by atoms with E-state index in [-0.39, 0.29) is 12.2 Å². The van der Waals surface area contributed by atoms with Crippen molar-refractivity contribution in [2.45, 2.75) is 12.8 Å². The first-order valence-electron chi connectivity index (χ1n) is 10.2. The molecule has 0 spiro atoms. The van der Waals surface area contributed by atoms with E-state index in [1.54, 1.807) is 66.7 Å². The summed E-state index contributed by atoms with van der Waals surface area (Å²) in [5.41, 5.74) is 1.92. The van der Waals surface area contributed by atoms with E-state index in [9.17, 15) is 10.1 Å². The third-order valence-electron chi connectivity index (χ3n) is 4.67. The summed E-state index contributed by atoms with van der Waals surface area (Å²) < 4.78 is 16.4. The quantitative estimate of drug-likeness (QED) is 0.0969. The zero-order valence-corrected chi connectivity index (χ0v) is 20.5. The molecule has 0 radical (unpaired) electrons. The minimum Gasteiger partial charge on any atom is -0.493 e. The first-order valence-corrected chi connectivity index (χ1v) is 11.4. The number of allylic oxidation sites excluding steroid dienone is 1. The average molecular weight is 517 g/mol. The van der Waals surface area contributed by atoms with Gasteiger partial charge in [-0.15, -0.1) is 0 Å². The van der Waals surface area contributed by atoms with E-state index < -0.39 is 5.97 Å². The molecule has 0 heterocycles. The molecule has 0 unspecified atom stereocenters. The van der Waals surface area contributed by atoms with Crippen LogP contribution in [0.5, 0.6) is 17.2 Å². The van der Waals surface area contributed by atoms with E-state index in [1.165, 1.54) is 7.11 Å². The SMILES string of the molecule is COc1cc(/C=C(\C#N)c2ccc(Cl)cc2)ccc1OC(=O)CCCOc1ccc(Cl)cc1Cl. The van der Waals surface area contributed by atoms with E-state index in [2.05, 4.69) is 6.07 Å². The van der Waals surface area contributed by atoms with Gasteiger partial charge < -0.3 is 14.2 Å². The van der Waals surface area contributed by atoms with Crippen molar-refractivity contribution in [3.05, 3.63) is 86.9 Å². The molecule has 3 aromatic carbocycles. The molecule has 174 valence electrons. The largest absolute Gasteiger partial charge is 0.493 e. The fourth-order valence-corrected chi connectivity index (χ4v) is 3.59. The number of benzene rings is 3. The van der Waals surface area contributed by atoms with E-state index in [1.807, 2.05) is 0 Å². The van der Waals surface area contributed by atoms with Gasteiger partial charge in [-0.05, 0) is 66.1 Å². The van der Waals surface area contributed by atoms with Gasteiger partial charge in [-0.3, -0.25) is 4.79 Å². The predicted octanol–water partition coefficient (Wildman–Crippen LogP) is 7.48. The first kappa shape index (κ1) is 25.5.